The number of rotatable bonds is 5. The van der Waals surface area contributed by atoms with E-state index in [0.717, 1.165) is 37.2 Å². The highest BCUT2D eigenvalue weighted by molar-refractivity contribution is 5.38. The van der Waals surface area contributed by atoms with E-state index in [-0.39, 0.29) is 16.9 Å². The molecule has 0 saturated heterocycles. The zero-order valence-electron chi connectivity index (χ0n) is 23.0. The predicted molar refractivity (Wildman–Crippen MR) is 139 cm³/mol. The van der Waals surface area contributed by atoms with E-state index in [1.54, 1.807) is 5.57 Å². The lowest BCUT2D eigenvalue weighted by molar-refractivity contribution is -0.0963. The summed E-state index contributed by atoms with van der Waals surface area (Å²) in [4.78, 5) is 0. The first-order valence-electron chi connectivity index (χ1n) is 13.9. The van der Waals surface area contributed by atoms with Crippen LogP contribution in [0.15, 0.2) is 23.3 Å². The zero-order valence-corrected chi connectivity index (χ0v) is 23.0. The summed E-state index contributed by atoms with van der Waals surface area (Å²) < 4.78 is 0. The molecule has 8 unspecified atom stereocenters. The Morgan fingerprint density at radius 1 is 1.03 bits per heavy atom. The van der Waals surface area contributed by atoms with Crippen molar-refractivity contribution in [1.82, 2.24) is 0 Å². The third-order valence-corrected chi connectivity index (χ3v) is 12.5. The lowest BCUT2D eigenvalue weighted by Crippen LogP contribution is -2.55. The molecule has 0 spiro atoms. The molecule has 0 aliphatic heterocycles. The summed E-state index contributed by atoms with van der Waals surface area (Å²) in [7, 11) is 0. The molecule has 0 bridgehead atoms. The minimum Gasteiger partial charge on any atom is -0.393 e. The molecule has 0 heterocycles. The van der Waals surface area contributed by atoms with E-state index in [4.69, 9.17) is 0 Å². The van der Waals surface area contributed by atoms with Gasteiger partial charge in [0.15, 0.2) is 0 Å². The van der Waals surface area contributed by atoms with Crippen molar-refractivity contribution in [2.45, 2.75) is 131 Å². The van der Waals surface area contributed by atoms with Crippen molar-refractivity contribution >= 4 is 0 Å². The lowest BCUT2D eigenvalue weighted by atomic mass is 9.43. The number of aliphatic hydroxyl groups excluding tert-OH is 1. The molecule has 188 valence electrons. The normalized spacial score (nSPS) is 45.0. The summed E-state index contributed by atoms with van der Waals surface area (Å²) in [6.07, 6.45) is 11.5. The van der Waals surface area contributed by atoms with Gasteiger partial charge in [-0.1, -0.05) is 59.3 Å². The average molecular weight is 457 g/mol. The summed E-state index contributed by atoms with van der Waals surface area (Å²) in [5.41, 5.74) is 4.71. The Morgan fingerprint density at radius 3 is 2.33 bits per heavy atom. The van der Waals surface area contributed by atoms with Crippen LogP contribution in [0.1, 0.15) is 120 Å². The maximum atomic E-state index is 10.8. The average Bonchev–Trinajstić information content (AvgIpc) is 3.01. The molecule has 2 fully saturated rings. The Balaban J connectivity index is 1.62. The molecule has 0 aromatic rings. The molecule has 4 aliphatic carbocycles. The fraction of sp³-hybridized carbons (Fsp3) is 0.871. The molecule has 8 atom stereocenters. The van der Waals surface area contributed by atoms with E-state index in [1.165, 1.54) is 38.5 Å². The van der Waals surface area contributed by atoms with Crippen LogP contribution in [0.2, 0.25) is 0 Å². The molecule has 4 aliphatic rings. The van der Waals surface area contributed by atoms with Crippen molar-refractivity contribution < 1.29 is 10.2 Å². The molecule has 0 amide bonds. The molecule has 2 N–H and O–H groups in total. The highest BCUT2D eigenvalue weighted by Crippen LogP contribution is 2.72. The highest BCUT2D eigenvalue weighted by Gasteiger charge is 2.63. The first-order valence-corrected chi connectivity index (χ1v) is 13.9. The van der Waals surface area contributed by atoms with Crippen molar-refractivity contribution in [1.29, 1.82) is 0 Å². The number of hydrogen-bond acceptors (Lipinski definition) is 2. The third kappa shape index (κ3) is 3.55. The van der Waals surface area contributed by atoms with Gasteiger partial charge in [0.05, 0.1) is 11.7 Å². The fourth-order valence-corrected chi connectivity index (χ4v) is 9.55. The Bertz CT molecular complexity index is 834. The van der Waals surface area contributed by atoms with Crippen molar-refractivity contribution in [3.05, 3.63) is 23.3 Å². The smallest absolute Gasteiger partial charge is 0.0823 e. The Labute approximate surface area is 204 Å². The van der Waals surface area contributed by atoms with Crippen LogP contribution < -0.4 is 0 Å². The second kappa shape index (κ2) is 7.95. The fourth-order valence-electron chi connectivity index (χ4n) is 9.55. The topological polar surface area (TPSA) is 40.5 Å². The SMILES string of the molecule is C=C(C)C(C)(O)CCC(C)C1CCC2(C)C3=C(CCC12C)C1(C)CCC(O)C(C)(C)C1CC3. The summed E-state index contributed by atoms with van der Waals surface area (Å²) in [5, 5.41) is 21.6. The van der Waals surface area contributed by atoms with Gasteiger partial charge in [-0.3, -0.25) is 0 Å². The van der Waals surface area contributed by atoms with Gasteiger partial charge in [0.2, 0.25) is 0 Å². The Hall–Kier alpha value is -0.600. The molecule has 0 radical (unpaired) electrons. The van der Waals surface area contributed by atoms with Crippen LogP contribution in [-0.4, -0.2) is 21.9 Å². The van der Waals surface area contributed by atoms with Crippen molar-refractivity contribution in [3.63, 3.8) is 0 Å². The van der Waals surface area contributed by atoms with E-state index in [2.05, 4.69) is 48.1 Å². The molecule has 2 heteroatoms. The highest BCUT2D eigenvalue weighted by atomic mass is 16.3. The maximum Gasteiger partial charge on any atom is 0.0823 e. The van der Waals surface area contributed by atoms with Crippen LogP contribution in [0, 0.1) is 39.4 Å². The van der Waals surface area contributed by atoms with Gasteiger partial charge in [-0.25, -0.2) is 0 Å². The monoisotopic (exact) mass is 456 g/mol. The lowest BCUT2D eigenvalue weighted by Gasteiger charge is -2.62. The maximum absolute atomic E-state index is 10.8. The third-order valence-electron chi connectivity index (χ3n) is 12.5. The van der Waals surface area contributed by atoms with Crippen molar-refractivity contribution in [2.75, 3.05) is 0 Å². The van der Waals surface area contributed by atoms with Gasteiger partial charge in [-0.15, -0.1) is 0 Å². The zero-order chi connectivity index (χ0) is 24.6. The van der Waals surface area contributed by atoms with Gasteiger partial charge in [0.25, 0.3) is 0 Å². The standard InChI is InChI=1S/C31H52O2/c1-20(2)31(9,33)19-12-21(3)22-13-17-30(8)24-10-11-25-27(4,5)26(32)15-16-28(25,6)23(24)14-18-29(22,30)7/h21-22,25-26,32-33H,1,10-19H2,2-9H3. The second-order valence-corrected chi connectivity index (χ2v) is 14.3. The van der Waals surface area contributed by atoms with Crippen molar-refractivity contribution in [2.24, 2.45) is 39.4 Å². The predicted octanol–water partition coefficient (Wildman–Crippen LogP) is 7.84. The Kier molecular flexibility index (Phi) is 6.14. The first-order chi connectivity index (χ1) is 15.1. The van der Waals surface area contributed by atoms with E-state index < -0.39 is 5.60 Å². The minimum atomic E-state index is -0.745. The quantitative estimate of drug-likeness (QED) is 0.414. The number of allylic oxidation sites excluding steroid dienone is 2. The van der Waals surface area contributed by atoms with Crippen LogP contribution in [0.3, 0.4) is 0 Å². The van der Waals surface area contributed by atoms with Crippen LogP contribution in [0.25, 0.3) is 0 Å². The molecular weight excluding hydrogens is 404 g/mol. The molecule has 2 nitrogen and oxygen atoms in total. The first kappa shape index (κ1) is 25.5. The van der Waals surface area contributed by atoms with Crippen molar-refractivity contribution in [3.8, 4) is 0 Å². The number of hydrogen-bond donors (Lipinski definition) is 2. The largest absolute Gasteiger partial charge is 0.393 e. The molecule has 2 saturated carbocycles. The van der Waals surface area contributed by atoms with E-state index >= 15 is 0 Å². The van der Waals surface area contributed by atoms with Gasteiger partial charge in [-0.05, 0) is 123 Å². The van der Waals surface area contributed by atoms with Crippen LogP contribution in [-0.2, 0) is 0 Å². The van der Waals surface area contributed by atoms with Crippen LogP contribution in [0.4, 0.5) is 0 Å². The Morgan fingerprint density at radius 2 is 1.70 bits per heavy atom. The molecule has 0 aromatic carbocycles. The summed E-state index contributed by atoms with van der Waals surface area (Å²) in [6, 6.07) is 0. The van der Waals surface area contributed by atoms with Gasteiger partial charge in [-0.2, -0.15) is 0 Å². The number of fused-ring (bicyclic) bond motifs is 4. The molecule has 4 rings (SSSR count). The summed E-state index contributed by atoms with van der Waals surface area (Å²) in [5.74, 6) is 1.95. The summed E-state index contributed by atoms with van der Waals surface area (Å²) >= 11 is 0. The van der Waals surface area contributed by atoms with Crippen LogP contribution >= 0.6 is 0 Å². The van der Waals surface area contributed by atoms with E-state index in [9.17, 15) is 10.2 Å². The second-order valence-electron chi connectivity index (χ2n) is 14.3. The number of aliphatic hydroxyl groups is 2. The minimum absolute atomic E-state index is 0.0140. The molecule has 0 aromatic heterocycles. The van der Waals surface area contributed by atoms with Gasteiger partial charge >= 0.3 is 0 Å². The van der Waals surface area contributed by atoms with Gasteiger partial charge in [0.1, 0.15) is 0 Å². The van der Waals surface area contributed by atoms with E-state index in [1.807, 2.05) is 19.4 Å². The van der Waals surface area contributed by atoms with Gasteiger partial charge in [0, 0.05) is 0 Å². The van der Waals surface area contributed by atoms with E-state index in [0.29, 0.717) is 22.7 Å². The van der Waals surface area contributed by atoms with Crippen LogP contribution in [0.5, 0.6) is 0 Å². The van der Waals surface area contributed by atoms with Gasteiger partial charge < -0.3 is 10.2 Å². The molecule has 33 heavy (non-hydrogen) atoms. The molecular formula is C31H52O2. The summed E-state index contributed by atoms with van der Waals surface area (Å²) in [6.45, 7) is 22.8.